The fourth-order valence-electron chi connectivity index (χ4n) is 1.72. The molecule has 1 aromatic carbocycles. The molecule has 0 saturated heterocycles. The van der Waals surface area contributed by atoms with E-state index >= 15 is 0 Å². The number of methoxy groups -OCH3 is 1. The standard InChI is InChI=1S/C16H21ClN2O5/c1-16(2,3)24-15(22)18-9-13(20)19(10-14(21)23-4)12-7-5-6-11(17)8-12/h5-8H,9-10H2,1-4H3,(H,18,22). The van der Waals surface area contributed by atoms with Crippen molar-refractivity contribution >= 4 is 35.3 Å². The first kappa shape index (κ1) is 19.8. The summed E-state index contributed by atoms with van der Waals surface area (Å²) in [5, 5.41) is 2.77. The smallest absolute Gasteiger partial charge is 0.408 e. The van der Waals surface area contributed by atoms with Crippen LogP contribution in [0.15, 0.2) is 24.3 Å². The van der Waals surface area contributed by atoms with E-state index in [2.05, 4.69) is 10.1 Å². The summed E-state index contributed by atoms with van der Waals surface area (Å²) in [5.41, 5.74) is -0.255. The Labute approximate surface area is 145 Å². The normalized spacial score (nSPS) is 10.7. The van der Waals surface area contributed by atoms with Gasteiger partial charge < -0.3 is 14.8 Å². The monoisotopic (exact) mass is 356 g/mol. The van der Waals surface area contributed by atoms with Crippen LogP contribution in [0.4, 0.5) is 10.5 Å². The molecule has 0 aromatic heterocycles. The molecule has 0 saturated carbocycles. The van der Waals surface area contributed by atoms with Gasteiger partial charge in [-0.05, 0) is 39.0 Å². The van der Waals surface area contributed by atoms with Crippen molar-refractivity contribution in [3.63, 3.8) is 0 Å². The molecule has 0 unspecified atom stereocenters. The van der Waals surface area contributed by atoms with Crippen LogP contribution in [0, 0.1) is 0 Å². The number of alkyl carbamates (subject to hydrolysis) is 1. The number of hydrogen-bond donors (Lipinski definition) is 1. The number of amides is 2. The van der Waals surface area contributed by atoms with Crippen LogP contribution in [-0.4, -0.2) is 43.8 Å². The first-order chi connectivity index (χ1) is 11.1. The summed E-state index contributed by atoms with van der Waals surface area (Å²) in [7, 11) is 1.22. The van der Waals surface area contributed by atoms with Crippen molar-refractivity contribution < 1.29 is 23.9 Å². The van der Waals surface area contributed by atoms with Crippen molar-refractivity contribution in [2.24, 2.45) is 0 Å². The summed E-state index contributed by atoms with van der Waals surface area (Å²) in [4.78, 5) is 36.7. The predicted molar refractivity (Wildman–Crippen MR) is 90.1 cm³/mol. The second-order valence-corrected chi connectivity index (χ2v) is 6.33. The van der Waals surface area contributed by atoms with Crippen molar-refractivity contribution in [2.75, 3.05) is 25.1 Å². The summed E-state index contributed by atoms with van der Waals surface area (Å²) in [5.74, 6) is -1.10. The van der Waals surface area contributed by atoms with E-state index in [1.807, 2.05) is 0 Å². The number of rotatable bonds is 5. The molecule has 1 aromatic rings. The van der Waals surface area contributed by atoms with Gasteiger partial charge in [0.25, 0.3) is 0 Å². The van der Waals surface area contributed by atoms with E-state index < -0.39 is 23.6 Å². The SMILES string of the molecule is COC(=O)CN(C(=O)CNC(=O)OC(C)(C)C)c1cccc(Cl)c1. The zero-order valence-electron chi connectivity index (χ0n) is 14.1. The predicted octanol–water partition coefficient (Wildman–Crippen LogP) is 2.37. The van der Waals surface area contributed by atoms with Crippen LogP contribution in [-0.2, 0) is 19.1 Å². The molecule has 0 bridgehead atoms. The molecule has 24 heavy (non-hydrogen) atoms. The molecule has 0 spiro atoms. The third kappa shape index (κ3) is 6.87. The van der Waals surface area contributed by atoms with Gasteiger partial charge in [0.05, 0.1) is 7.11 Å². The van der Waals surface area contributed by atoms with Crippen LogP contribution in [0.5, 0.6) is 0 Å². The van der Waals surface area contributed by atoms with Crippen molar-refractivity contribution in [3.8, 4) is 0 Å². The van der Waals surface area contributed by atoms with E-state index in [1.165, 1.54) is 18.1 Å². The Hall–Kier alpha value is -2.28. The van der Waals surface area contributed by atoms with E-state index in [-0.39, 0.29) is 13.1 Å². The van der Waals surface area contributed by atoms with Crippen LogP contribution in [0.2, 0.25) is 5.02 Å². The average molecular weight is 357 g/mol. The lowest BCUT2D eigenvalue weighted by Crippen LogP contribution is -2.44. The Morgan fingerprint density at radius 1 is 1.25 bits per heavy atom. The Morgan fingerprint density at radius 3 is 2.46 bits per heavy atom. The molecule has 1 N–H and O–H groups in total. The quantitative estimate of drug-likeness (QED) is 0.819. The van der Waals surface area contributed by atoms with Crippen molar-refractivity contribution in [2.45, 2.75) is 26.4 Å². The number of benzene rings is 1. The maximum Gasteiger partial charge on any atom is 0.408 e. The highest BCUT2D eigenvalue weighted by Gasteiger charge is 2.22. The second kappa shape index (κ2) is 8.54. The Morgan fingerprint density at radius 2 is 1.92 bits per heavy atom. The molecule has 0 heterocycles. The van der Waals surface area contributed by atoms with Crippen LogP contribution in [0.1, 0.15) is 20.8 Å². The minimum Gasteiger partial charge on any atom is -0.468 e. The lowest BCUT2D eigenvalue weighted by molar-refractivity contribution is -0.140. The summed E-state index contributed by atoms with van der Waals surface area (Å²) in [6.45, 7) is 4.50. The Balaban J connectivity index is 2.81. The van der Waals surface area contributed by atoms with Gasteiger partial charge >= 0.3 is 12.1 Å². The molecule has 2 amide bonds. The van der Waals surface area contributed by atoms with Gasteiger partial charge in [0.2, 0.25) is 5.91 Å². The van der Waals surface area contributed by atoms with Crippen LogP contribution in [0.3, 0.4) is 0 Å². The number of halogens is 1. The van der Waals surface area contributed by atoms with Crippen molar-refractivity contribution in [1.82, 2.24) is 5.32 Å². The summed E-state index contributed by atoms with van der Waals surface area (Å²) in [6, 6.07) is 6.46. The Bertz CT molecular complexity index is 613. The Kier molecular flexibility index (Phi) is 7.03. The molecule has 7 nitrogen and oxygen atoms in total. The van der Waals surface area contributed by atoms with E-state index in [1.54, 1.807) is 39.0 Å². The number of carbonyl (C=O) groups excluding carboxylic acids is 3. The average Bonchev–Trinajstić information content (AvgIpc) is 2.48. The second-order valence-electron chi connectivity index (χ2n) is 5.89. The molecule has 8 heteroatoms. The molecule has 0 fully saturated rings. The van der Waals surface area contributed by atoms with Crippen LogP contribution < -0.4 is 10.2 Å². The maximum atomic E-state index is 12.4. The van der Waals surface area contributed by atoms with E-state index in [0.29, 0.717) is 10.7 Å². The third-order valence-electron chi connectivity index (χ3n) is 2.72. The first-order valence-electron chi connectivity index (χ1n) is 7.22. The number of anilines is 1. The van der Waals surface area contributed by atoms with Gasteiger partial charge in [0, 0.05) is 10.7 Å². The molecule has 0 aliphatic carbocycles. The van der Waals surface area contributed by atoms with Gasteiger partial charge in [-0.1, -0.05) is 17.7 Å². The molecular weight excluding hydrogens is 336 g/mol. The van der Waals surface area contributed by atoms with Crippen molar-refractivity contribution in [1.29, 1.82) is 0 Å². The van der Waals surface area contributed by atoms with E-state index in [4.69, 9.17) is 16.3 Å². The molecule has 132 valence electrons. The molecule has 0 aliphatic heterocycles. The number of nitrogens with one attached hydrogen (secondary N) is 1. The summed E-state index contributed by atoms with van der Waals surface area (Å²) >= 11 is 5.92. The van der Waals surface area contributed by atoms with Gasteiger partial charge in [-0.2, -0.15) is 0 Å². The number of esters is 1. The van der Waals surface area contributed by atoms with Gasteiger partial charge in [-0.3, -0.25) is 14.5 Å². The fraction of sp³-hybridized carbons (Fsp3) is 0.438. The minimum absolute atomic E-state index is 0.300. The van der Waals surface area contributed by atoms with Gasteiger partial charge in [0.15, 0.2) is 0 Å². The van der Waals surface area contributed by atoms with Crippen molar-refractivity contribution in [3.05, 3.63) is 29.3 Å². The van der Waals surface area contributed by atoms with Crippen LogP contribution >= 0.6 is 11.6 Å². The molecule has 0 aliphatic rings. The number of ether oxygens (including phenoxy) is 2. The number of hydrogen-bond acceptors (Lipinski definition) is 5. The van der Waals surface area contributed by atoms with Gasteiger partial charge in [-0.15, -0.1) is 0 Å². The molecule has 1 rings (SSSR count). The zero-order chi connectivity index (χ0) is 18.3. The molecule has 0 radical (unpaired) electrons. The van der Waals surface area contributed by atoms with E-state index in [9.17, 15) is 14.4 Å². The lowest BCUT2D eigenvalue weighted by atomic mass is 10.2. The summed E-state index contributed by atoms with van der Waals surface area (Å²) < 4.78 is 9.66. The largest absolute Gasteiger partial charge is 0.468 e. The van der Waals surface area contributed by atoms with E-state index in [0.717, 1.165) is 0 Å². The van der Waals surface area contributed by atoms with Crippen LogP contribution in [0.25, 0.3) is 0 Å². The highest BCUT2D eigenvalue weighted by atomic mass is 35.5. The highest BCUT2D eigenvalue weighted by molar-refractivity contribution is 6.31. The highest BCUT2D eigenvalue weighted by Crippen LogP contribution is 2.19. The van der Waals surface area contributed by atoms with Gasteiger partial charge in [-0.25, -0.2) is 4.79 Å². The maximum absolute atomic E-state index is 12.4. The lowest BCUT2D eigenvalue weighted by Gasteiger charge is -2.23. The molecular formula is C16H21ClN2O5. The zero-order valence-corrected chi connectivity index (χ0v) is 14.8. The number of nitrogens with zero attached hydrogens (tertiary/aromatic N) is 1. The van der Waals surface area contributed by atoms with Gasteiger partial charge in [0.1, 0.15) is 18.7 Å². The fourth-order valence-corrected chi connectivity index (χ4v) is 1.90. The third-order valence-corrected chi connectivity index (χ3v) is 2.95. The summed E-state index contributed by atoms with van der Waals surface area (Å²) in [6.07, 6.45) is -0.722. The topological polar surface area (TPSA) is 84.9 Å². The minimum atomic E-state index is -0.722. The number of carbonyl (C=O) groups is 3. The first-order valence-corrected chi connectivity index (χ1v) is 7.60. The molecule has 0 atom stereocenters.